The molecule has 0 saturated heterocycles. The van der Waals surface area contributed by atoms with Crippen molar-refractivity contribution >= 4 is 17.6 Å². The lowest BCUT2D eigenvalue weighted by Crippen LogP contribution is -2.44. The highest BCUT2D eigenvalue weighted by Crippen LogP contribution is 2.45. The number of benzene rings is 2. The van der Waals surface area contributed by atoms with Gasteiger partial charge in [0.2, 0.25) is 12.7 Å². The maximum absolute atomic E-state index is 13.5. The third kappa shape index (κ3) is 2.95. The van der Waals surface area contributed by atoms with Crippen molar-refractivity contribution in [1.82, 2.24) is 9.88 Å². The molecule has 3 aromatic rings. The molecule has 150 valence electrons. The smallest absolute Gasteiger partial charge is 0.254 e. The van der Waals surface area contributed by atoms with Crippen molar-refractivity contribution in [3.05, 3.63) is 83.6 Å². The van der Waals surface area contributed by atoms with Gasteiger partial charge in [-0.3, -0.25) is 9.59 Å². The molecule has 0 spiro atoms. The molecule has 2 amide bonds. The number of hydrogen-bond acceptors (Lipinski definition) is 5. The third-order valence-corrected chi connectivity index (χ3v) is 5.52. The minimum absolute atomic E-state index is 0.129. The summed E-state index contributed by atoms with van der Waals surface area (Å²) in [5.41, 5.74) is 2.01. The molecule has 2 atom stereocenters. The number of pyridine rings is 1. The second-order valence-corrected chi connectivity index (χ2v) is 7.24. The Labute approximate surface area is 173 Å². The molecule has 0 aliphatic carbocycles. The summed E-state index contributed by atoms with van der Waals surface area (Å²) in [6, 6.07) is 17.6. The molecule has 3 heterocycles. The second-order valence-electron chi connectivity index (χ2n) is 7.24. The highest BCUT2D eigenvalue weighted by Gasteiger charge is 2.43. The summed E-state index contributed by atoms with van der Waals surface area (Å²) < 4.78 is 10.9. The van der Waals surface area contributed by atoms with Gasteiger partial charge in [0.25, 0.3) is 5.91 Å². The predicted octanol–water partition coefficient (Wildman–Crippen LogP) is 3.36. The molecule has 7 nitrogen and oxygen atoms in total. The van der Waals surface area contributed by atoms with E-state index in [0.29, 0.717) is 28.4 Å². The Morgan fingerprint density at radius 2 is 1.87 bits per heavy atom. The summed E-state index contributed by atoms with van der Waals surface area (Å²) in [7, 11) is 1.72. The van der Waals surface area contributed by atoms with Gasteiger partial charge in [-0.25, -0.2) is 4.98 Å². The molecule has 7 heteroatoms. The lowest BCUT2D eigenvalue weighted by molar-refractivity contribution is -0.119. The van der Waals surface area contributed by atoms with E-state index in [0.717, 1.165) is 5.56 Å². The fourth-order valence-corrected chi connectivity index (χ4v) is 4.11. The topological polar surface area (TPSA) is 80.8 Å². The van der Waals surface area contributed by atoms with Gasteiger partial charge in [-0.1, -0.05) is 30.3 Å². The molecule has 2 aromatic carbocycles. The lowest BCUT2D eigenvalue weighted by Gasteiger charge is -2.39. The van der Waals surface area contributed by atoms with E-state index >= 15 is 0 Å². The zero-order chi connectivity index (χ0) is 20.7. The first-order chi connectivity index (χ1) is 14.6. The number of amides is 2. The van der Waals surface area contributed by atoms with Gasteiger partial charge in [0.15, 0.2) is 11.5 Å². The zero-order valence-electron chi connectivity index (χ0n) is 16.2. The fourth-order valence-electron chi connectivity index (χ4n) is 4.11. The summed E-state index contributed by atoms with van der Waals surface area (Å²) in [4.78, 5) is 32.4. The SMILES string of the molecule is CN1C(=O)c2ccccc2[C@H](C(=O)Nc2ccccn2)[C@H]1c1ccc2c(c1)OCO2. The average molecular weight is 401 g/mol. The Morgan fingerprint density at radius 3 is 2.70 bits per heavy atom. The summed E-state index contributed by atoms with van der Waals surface area (Å²) in [5.74, 6) is 0.739. The van der Waals surface area contributed by atoms with Crippen LogP contribution in [0.1, 0.15) is 33.4 Å². The molecule has 0 bridgehead atoms. The van der Waals surface area contributed by atoms with Crippen LogP contribution in [0.4, 0.5) is 5.82 Å². The normalized spacial score (nSPS) is 19.4. The van der Waals surface area contributed by atoms with Crippen LogP contribution < -0.4 is 14.8 Å². The molecule has 2 aliphatic heterocycles. The largest absolute Gasteiger partial charge is 0.454 e. The van der Waals surface area contributed by atoms with Gasteiger partial charge in [0.1, 0.15) is 5.82 Å². The van der Waals surface area contributed by atoms with Crippen molar-refractivity contribution in [1.29, 1.82) is 0 Å². The predicted molar refractivity (Wildman–Crippen MR) is 109 cm³/mol. The van der Waals surface area contributed by atoms with Gasteiger partial charge < -0.3 is 19.7 Å². The van der Waals surface area contributed by atoms with E-state index in [1.165, 1.54) is 0 Å². The number of anilines is 1. The van der Waals surface area contributed by atoms with E-state index in [1.54, 1.807) is 42.4 Å². The number of carbonyl (C=O) groups excluding carboxylic acids is 2. The van der Waals surface area contributed by atoms with Crippen LogP contribution >= 0.6 is 0 Å². The Morgan fingerprint density at radius 1 is 1.07 bits per heavy atom. The zero-order valence-corrected chi connectivity index (χ0v) is 16.2. The standard InChI is InChI=1S/C23H19N3O4/c1-26-21(14-9-10-17-18(12-14)30-13-29-17)20(15-6-2-3-7-16(15)23(26)28)22(27)25-19-8-4-5-11-24-19/h2-12,20-21H,13H2,1H3,(H,24,25,27)/t20-,21+/m0/s1. The molecule has 1 N–H and O–H groups in total. The van der Waals surface area contributed by atoms with E-state index < -0.39 is 12.0 Å². The minimum atomic E-state index is -0.619. The molecule has 0 unspecified atom stereocenters. The van der Waals surface area contributed by atoms with Crippen LogP contribution in [-0.4, -0.2) is 35.5 Å². The molecule has 30 heavy (non-hydrogen) atoms. The highest BCUT2D eigenvalue weighted by molar-refractivity contribution is 6.04. The quantitative estimate of drug-likeness (QED) is 0.728. The molecule has 0 saturated carbocycles. The molecule has 0 fully saturated rings. The number of hydrogen-bond donors (Lipinski definition) is 1. The number of likely N-dealkylation sites (N-methyl/N-ethyl adjacent to an activating group) is 1. The van der Waals surface area contributed by atoms with E-state index in [4.69, 9.17) is 9.47 Å². The van der Waals surface area contributed by atoms with Crippen LogP contribution in [-0.2, 0) is 4.79 Å². The number of ether oxygens (including phenoxy) is 2. The molecule has 1 aromatic heterocycles. The summed E-state index contributed by atoms with van der Waals surface area (Å²) in [6.45, 7) is 0.157. The van der Waals surface area contributed by atoms with E-state index in [1.807, 2.05) is 36.4 Å². The van der Waals surface area contributed by atoms with Crippen molar-refractivity contribution in [3.63, 3.8) is 0 Å². The lowest BCUT2D eigenvalue weighted by atomic mass is 9.79. The number of rotatable bonds is 3. The monoisotopic (exact) mass is 401 g/mol. The maximum atomic E-state index is 13.5. The summed E-state index contributed by atoms with van der Waals surface area (Å²) in [6.07, 6.45) is 1.62. The average Bonchev–Trinajstić information content (AvgIpc) is 3.24. The first kappa shape index (κ1) is 18.2. The van der Waals surface area contributed by atoms with Gasteiger partial charge in [-0.2, -0.15) is 0 Å². The van der Waals surface area contributed by atoms with Crippen LogP contribution in [0.25, 0.3) is 0 Å². The van der Waals surface area contributed by atoms with Crippen molar-refractivity contribution < 1.29 is 19.1 Å². The van der Waals surface area contributed by atoms with Crippen molar-refractivity contribution in [2.75, 3.05) is 19.2 Å². The van der Waals surface area contributed by atoms with Gasteiger partial charge in [0.05, 0.1) is 12.0 Å². The molecular formula is C23H19N3O4. The Kier molecular flexibility index (Phi) is 4.35. The second kappa shape index (κ2) is 7.18. The minimum Gasteiger partial charge on any atom is -0.454 e. The summed E-state index contributed by atoms with van der Waals surface area (Å²) >= 11 is 0. The van der Waals surface area contributed by atoms with Crippen LogP contribution in [0.15, 0.2) is 66.9 Å². The van der Waals surface area contributed by atoms with Crippen LogP contribution in [0.5, 0.6) is 11.5 Å². The number of aromatic nitrogens is 1. The molecule has 0 radical (unpaired) electrons. The fraction of sp³-hybridized carbons (Fsp3) is 0.174. The Balaban J connectivity index is 1.61. The number of carbonyl (C=O) groups is 2. The van der Waals surface area contributed by atoms with Crippen molar-refractivity contribution in [2.45, 2.75) is 12.0 Å². The van der Waals surface area contributed by atoms with Gasteiger partial charge in [0, 0.05) is 18.8 Å². The van der Waals surface area contributed by atoms with E-state index in [2.05, 4.69) is 10.3 Å². The first-order valence-corrected chi connectivity index (χ1v) is 9.61. The van der Waals surface area contributed by atoms with E-state index in [-0.39, 0.29) is 18.6 Å². The molecule has 5 rings (SSSR count). The van der Waals surface area contributed by atoms with Crippen LogP contribution in [0, 0.1) is 0 Å². The highest BCUT2D eigenvalue weighted by atomic mass is 16.7. The first-order valence-electron chi connectivity index (χ1n) is 9.61. The van der Waals surface area contributed by atoms with Crippen molar-refractivity contribution in [2.24, 2.45) is 0 Å². The number of nitrogens with one attached hydrogen (secondary N) is 1. The Bertz CT molecular complexity index is 1130. The number of nitrogens with zero attached hydrogens (tertiary/aromatic N) is 2. The van der Waals surface area contributed by atoms with Gasteiger partial charge >= 0.3 is 0 Å². The van der Waals surface area contributed by atoms with Crippen LogP contribution in [0.3, 0.4) is 0 Å². The van der Waals surface area contributed by atoms with E-state index in [9.17, 15) is 9.59 Å². The molecule has 2 aliphatic rings. The number of fused-ring (bicyclic) bond motifs is 2. The Hall–Kier alpha value is -3.87. The molecular weight excluding hydrogens is 382 g/mol. The third-order valence-electron chi connectivity index (χ3n) is 5.52. The summed E-state index contributed by atoms with van der Waals surface area (Å²) in [5, 5.41) is 2.90. The van der Waals surface area contributed by atoms with Gasteiger partial charge in [-0.15, -0.1) is 0 Å². The van der Waals surface area contributed by atoms with Crippen LogP contribution in [0.2, 0.25) is 0 Å². The van der Waals surface area contributed by atoms with Crippen molar-refractivity contribution in [3.8, 4) is 11.5 Å². The van der Waals surface area contributed by atoms with Gasteiger partial charge in [-0.05, 0) is 41.5 Å². The maximum Gasteiger partial charge on any atom is 0.254 e.